The van der Waals surface area contributed by atoms with E-state index in [2.05, 4.69) is 55.0 Å². The van der Waals surface area contributed by atoms with Crippen LogP contribution in [0.1, 0.15) is 164 Å². The third kappa shape index (κ3) is 13.9. The average Bonchev–Trinajstić information content (AvgIpc) is 2.79. The van der Waals surface area contributed by atoms with Gasteiger partial charge in [-0.05, 0) is 41.9 Å². The molecular formula is C34H66O2. The summed E-state index contributed by atoms with van der Waals surface area (Å²) < 4.78 is 6.18. The molecule has 0 amide bonds. The van der Waals surface area contributed by atoms with E-state index in [0.717, 1.165) is 31.6 Å². The van der Waals surface area contributed by atoms with Crippen LogP contribution in [0, 0.1) is 28.6 Å². The van der Waals surface area contributed by atoms with Crippen molar-refractivity contribution in [1.29, 1.82) is 0 Å². The fraction of sp³-hybridized carbons (Fsp3) is 0.941. The van der Waals surface area contributed by atoms with Gasteiger partial charge < -0.3 is 9.84 Å². The van der Waals surface area contributed by atoms with Crippen LogP contribution in [-0.4, -0.2) is 17.8 Å². The second-order valence-corrected chi connectivity index (χ2v) is 14.2. The van der Waals surface area contributed by atoms with Crippen LogP contribution in [0.15, 0.2) is 12.3 Å². The third-order valence-corrected chi connectivity index (χ3v) is 8.87. The maximum absolute atomic E-state index is 11.2. The van der Waals surface area contributed by atoms with Gasteiger partial charge in [0.05, 0.1) is 18.5 Å². The second-order valence-electron chi connectivity index (χ2n) is 14.2. The molecule has 0 spiro atoms. The lowest BCUT2D eigenvalue weighted by atomic mass is 9.58. The lowest BCUT2D eigenvalue weighted by Gasteiger charge is -2.49. The van der Waals surface area contributed by atoms with Crippen molar-refractivity contribution in [3.05, 3.63) is 12.3 Å². The Morgan fingerprint density at radius 1 is 0.639 bits per heavy atom. The summed E-state index contributed by atoms with van der Waals surface area (Å²) in [6, 6.07) is 0. The zero-order valence-electron chi connectivity index (χ0n) is 25.8. The van der Waals surface area contributed by atoms with E-state index < -0.39 is 0 Å². The molecule has 0 saturated heterocycles. The molecule has 0 heterocycles. The van der Waals surface area contributed by atoms with E-state index in [1.54, 1.807) is 0 Å². The lowest BCUT2D eigenvalue weighted by molar-refractivity contribution is -0.0845. The van der Waals surface area contributed by atoms with Crippen molar-refractivity contribution in [1.82, 2.24) is 0 Å². The normalized spacial score (nSPS) is 23.1. The summed E-state index contributed by atoms with van der Waals surface area (Å²) in [5.41, 5.74) is 0.186. The van der Waals surface area contributed by atoms with Crippen molar-refractivity contribution >= 4 is 0 Å². The molecule has 0 aromatic carbocycles. The van der Waals surface area contributed by atoms with Gasteiger partial charge in [-0.15, -0.1) is 0 Å². The van der Waals surface area contributed by atoms with Gasteiger partial charge in [-0.25, -0.2) is 0 Å². The first-order chi connectivity index (χ1) is 17.0. The molecule has 1 fully saturated rings. The van der Waals surface area contributed by atoms with Crippen molar-refractivity contribution in [3.63, 3.8) is 0 Å². The van der Waals surface area contributed by atoms with Gasteiger partial charge >= 0.3 is 0 Å². The minimum absolute atomic E-state index is 0.0930. The molecule has 1 saturated carbocycles. The lowest BCUT2D eigenvalue weighted by Crippen LogP contribution is -2.48. The number of hydrogen-bond donors (Lipinski definition) is 1. The van der Waals surface area contributed by atoms with Crippen LogP contribution >= 0.6 is 0 Å². The van der Waals surface area contributed by atoms with Crippen LogP contribution in [-0.2, 0) is 4.74 Å². The zero-order chi connectivity index (χ0) is 27.0. The molecule has 1 rings (SSSR count). The Morgan fingerprint density at radius 2 is 0.972 bits per heavy atom. The van der Waals surface area contributed by atoms with Gasteiger partial charge in [0.15, 0.2) is 0 Å². The second kappa shape index (κ2) is 17.9. The van der Waals surface area contributed by atoms with Gasteiger partial charge in [-0.2, -0.15) is 0 Å². The first-order valence-corrected chi connectivity index (χ1v) is 16.0. The van der Waals surface area contributed by atoms with Crippen molar-refractivity contribution < 1.29 is 9.84 Å². The molecule has 214 valence electrons. The zero-order valence-corrected chi connectivity index (χ0v) is 25.8. The molecule has 36 heavy (non-hydrogen) atoms. The topological polar surface area (TPSA) is 29.5 Å². The van der Waals surface area contributed by atoms with E-state index >= 15 is 0 Å². The van der Waals surface area contributed by atoms with Gasteiger partial charge in [0.25, 0.3) is 0 Å². The molecule has 2 atom stereocenters. The van der Waals surface area contributed by atoms with E-state index in [9.17, 15) is 5.11 Å². The Morgan fingerprint density at radius 3 is 1.31 bits per heavy atom. The highest BCUT2D eigenvalue weighted by Gasteiger charge is 2.46. The number of hydrogen-bond acceptors (Lipinski definition) is 2. The Kier molecular flexibility index (Phi) is 16.7. The Hall–Kier alpha value is -0.500. The van der Waals surface area contributed by atoms with Crippen molar-refractivity contribution in [2.45, 2.75) is 170 Å². The largest absolute Gasteiger partial charge is 0.498 e. The van der Waals surface area contributed by atoms with Crippen LogP contribution in [0.3, 0.4) is 0 Å². The smallest absolute Gasteiger partial charge is 0.0919 e. The van der Waals surface area contributed by atoms with Crippen LogP contribution in [0.4, 0.5) is 0 Å². The number of aliphatic hydroxyl groups is 1. The minimum Gasteiger partial charge on any atom is -0.498 e. The van der Waals surface area contributed by atoms with Gasteiger partial charge in [-0.1, -0.05) is 151 Å². The minimum atomic E-state index is -0.241. The Balaban J connectivity index is 2.10. The monoisotopic (exact) mass is 507 g/mol. The summed E-state index contributed by atoms with van der Waals surface area (Å²) in [6.45, 7) is 21.0. The fourth-order valence-electron chi connectivity index (χ4n) is 6.23. The Bertz CT molecular complexity index is 529. The van der Waals surface area contributed by atoms with Gasteiger partial charge in [0.2, 0.25) is 0 Å². The third-order valence-electron chi connectivity index (χ3n) is 8.87. The van der Waals surface area contributed by atoms with Crippen molar-refractivity contribution in [2.24, 2.45) is 28.6 Å². The van der Waals surface area contributed by atoms with Crippen LogP contribution in [0.5, 0.6) is 0 Å². The molecule has 0 bridgehead atoms. The fourth-order valence-corrected chi connectivity index (χ4v) is 6.23. The molecule has 0 radical (unpaired) electrons. The molecule has 0 aromatic heterocycles. The molecule has 0 aliphatic heterocycles. The van der Waals surface area contributed by atoms with E-state index in [1.807, 2.05) is 0 Å². The number of allylic oxidation sites excluding steroid dienone is 1. The maximum Gasteiger partial charge on any atom is 0.0919 e. The number of rotatable bonds is 19. The SMILES string of the molecule is C=C(OCCCCCCCCCCCCCCCCCC)C1CC(C(C)(C)C)C(O)C(C(C)(C)C)C1. The quantitative estimate of drug-likeness (QED) is 0.139. The predicted molar refractivity (Wildman–Crippen MR) is 159 cm³/mol. The Labute approximate surface area is 227 Å². The highest BCUT2D eigenvalue weighted by molar-refractivity contribution is 5.03. The highest BCUT2D eigenvalue weighted by atomic mass is 16.5. The molecule has 1 aliphatic carbocycles. The number of aliphatic hydroxyl groups excluding tert-OH is 1. The summed E-state index contributed by atoms with van der Waals surface area (Å²) in [5, 5.41) is 11.2. The molecule has 0 aromatic rings. The number of ether oxygens (including phenoxy) is 1. The average molecular weight is 507 g/mol. The van der Waals surface area contributed by atoms with Gasteiger partial charge in [-0.3, -0.25) is 0 Å². The molecule has 1 aliphatic rings. The maximum atomic E-state index is 11.2. The van der Waals surface area contributed by atoms with Gasteiger partial charge in [0, 0.05) is 5.92 Å². The van der Waals surface area contributed by atoms with E-state index in [1.165, 1.54) is 96.3 Å². The van der Waals surface area contributed by atoms with Gasteiger partial charge in [0.1, 0.15) is 0 Å². The molecule has 2 heteroatoms. The first kappa shape index (κ1) is 33.5. The van der Waals surface area contributed by atoms with Crippen molar-refractivity contribution in [2.75, 3.05) is 6.61 Å². The number of unbranched alkanes of at least 4 members (excludes halogenated alkanes) is 15. The van der Waals surface area contributed by atoms with E-state index in [-0.39, 0.29) is 28.8 Å². The van der Waals surface area contributed by atoms with Crippen LogP contribution < -0.4 is 0 Å². The molecule has 2 unspecified atom stereocenters. The van der Waals surface area contributed by atoms with Crippen molar-refractivity contribution in [3.8, 4) is 0 Å². The summed E-state index contributed by atoms with van der Waals surface area (Å²) in [5.74, 6) is 1.90. The van der Waals surface area contributed by atoms with E-state index in [4.69, 9.17) is 4.74 Å². The predicted octanol–water partition coefficient (Wildman–Crippen LogP) is 10.9. The first-order valence-electron chi connectivity index (χ1n) is 16.0. The molecule has 2 nitrogen and oxygen atoms in total. The molecule has 1 N–H and O–H groups in total. The summed E-state index contributed by atoms with van der Waals surface area (Å²) in [6.07, 6.45) is 24.0. The standard InChI is InChI=1S/C34H66O2/c1-9-10-11-12-13-14-15-16-17-18-19-20-21-22-23-24-25-36-28(2)29-26-30(33(3,4)5)32(35)31(27-29)34(6,7)8/h29-32,35H,2,9-27H2,1,3-8H3. The summed E-state index contributed by atoms with van der Waals surface area (Å²) in [4.78, 5) is 0. The highest BCUT2D eigenvalue weighted by Crippen LogP contribution is 2.49. The van der Waals surface area contributed by atoms with E-state index in [0.29, 0.717) is 5.92 Å². The molecular weight excluding hydrogens is 440 g/mol. The van der Waals surface area contributed by atoms with Crippen LogP contribution in [0.2, 0.25) is 0 Å². The summed E-state index contributed by atoms with van der Waals surface area (Å²) >= 11 is 0. The summed E-state index contributed by atoms with van der Waals surface area (Å²) in [7, 11) is 0. The van der Waals surface area contributed by atoms with Crippen LogP contribution in [0.25, 0.3) is 0 Å².